The van der Waals surface area contributed by atoms with Crippen molar-refractivity contribution >= 4 is 5.69 Å². The molecule has 1 aliphatic rings. The number of piperazine rings is 1. The molecule has 1 heterocycles. The summed E-state index contributed by atoms with van der Waals surface area (Å²) in [6, 6.07) is 23.4. The first-order chi connectivity index (χ1) is 16.5. The van der Waals surface area contributed by atoms with Gasteiger partial charge in [-0.1, -0.05) is 38.1 Å². The average Bonchev–Trinajstić information content (AvgIpc) is 2.88. The van der Waals surface area contributed by atoms with Crippen molar-refractivity contribution in [1.82, 2.24) is 4.90 Å². The van der Waals surface area contributed by atoms with Gasteiger partial charge in [0.25, 0.3) is 0 Å². The summed E-state index contributed by atoms with van der Waals surface area (Å²) < 4.78 is 25.1. The molecule has 34 heavy (non-hydrogen) atoms. The summed E-state index contributed by atoms with van der Waals surface area (Å²) in [5.41, 5.74) is 3.55. The van der Waals surface area contributed by atoms with E-state index in [1.54, 1.807) is 7.11 Å². The van der Waals surface area contributed by atoms with Gasteiger partial charge in [-0.15, -0.1) is 0 Å². The molecule has 1 atom stereocenters. The molecule has 1 unspecified atom stereocenters. The van der Waals surface area contributed by atoms with Crippen LogP contribution in [-0.2, 0) is 0 Å². The summed E-state index contributed by atoms with van der Waals surface area (Å²) in [6.45, 7) is 9.20. The zero-order valence-corrected chi connectivity index (χ0v) is 20.4. The van der Waals surface area contributed by atoms with Crippen LogP contribution in [0.4, 0.5) is 10.1 Å². The normalized spacial score (nSPS) is 15.4. The molecule has 4 nitrogen and oxygen atoms in total. The first kappa shape index (κ1) is 24.1. The largest absolute Gasteiger partial charge is 0.497 e. The molecule has 4 rings (SSSR count). The Kier molecular flexibility index (Phi) is 8.07. The van der Waals surface area contributed by atoms with Gasteiger partial charge in [-0.05, 0) is 65.6 Å². The van der Waals surface area contributed by atoms with Gasteiger partial charge in [-0.25, -0.2) is 4.39 Å². The summed E-state index contributed by atoms with van der Waals surface area (Å²) in [4.78, 5) is 4.81. The Labute approximate surface area is 202 Å². The Morgan fingerprint density at radius 3 is 1.94 bits per heavy atom. The highest BCUT2D eigenvalue weighted by Gasteiger charge is 2.20. The molecule has 0 saturated carbocycles. The van der Waals surface area contributed by atoms with Crippen molar-refractivity contribution < 1.29 is 13.9 Å². The van der Waals surface area contributed by atoms with Crippen molar-refractivity contribution in [2.45, 2.75) is 32.3 Å². The van der Waals surface area contributed by atoms with E-state index in [1.165, 1.54) is 17.7 Å². The van der Waals surface area contributed by atoms with Crippen molar-refractivity contribution in [2.75, 3.05) is 44.7 Å². The zero-order valence-electron chi connectivity index (χ0n) is 20.4. The number of ether oxygens (including phenoxy) is 2. The number of rotatable bonds is 9. The van der Waals surface area contributed by atoms with Crippen LogP contribution in [0.3, 0.4) is 0 Å². The third-order valence-corrected chi connectivity index (χ3v) is 6.58. The maximum atomic E-state index is 13.2. The predicted octanol–water partition coefficient (Wildman–Crippen LogP) is 6.29. The fraction of sp³-hybridized carbons (Fsp3) is 0.379. The quantitative estimate of drug-likeness (QED) is 0.373. The molecule has 3 aromatic rings. The second-order valence-electron chi connectivity index (χ2n) is 9.20. The molecule has 3 aromatic carbocycles. The van der Waals surface area contributed by atoms with Gasteiger partial charge < -0.3 is 14.4 Å². The Bertz CT molecular complexity index is 1010. The molecule has 1 aliphatic heterocycles. The van der Waals surface area contributed by atoms with E-state index in [1.807, 2.05) is 24.3 Å². The fourth-order valence-electron chi connectivity index (χ4n) is 4.39. The van der Waals surface area contributed by atoms with E-state index in [4.69, 9.17) is 9.47 Å². The first-order valence-corrected chi connectivity index (χ1v) is 12.2. The van der Waals surface area contributed by atoms with Crippen LogP contribution in [0, 0.1) is 5.82 Å². The van der Waals surface area contributed by atoms with Crippen molar-refractivity contribution in [1.29, 1.82) is 0 Å². The van der Waals surface area contributed by atoms with Crippen molar-refractivity contribution in [2.24, 2.45) is 0 Å². The van der Waals surface area contributed by atoms with E-state index in [-0.39, 0.29) is 11.9 Å². The predicted molar refractivity (Wildman–Crippen MR) is 137 cm³/mol. The van der Waals surface area contributed by atoms with Crippen LogP contribution in [0.1, 0.15) is 43.4 Å². The Hall–Kier alpha value is -3.05. The summed E-state index contributed by atoms with van der Waals surface area (Å²) in [6.07, 6.45) is 0.861. The van der Waals surface area contributed by atoms with Gasteiger partial charge in [0.1, 0.15) is 23.4 Å². The van der Waals surface area contributed by atoms with Gasteiger partial charge in [-0.2, -0.15) is 0 Å². The van der Waals surface area contributed by atoms with Gasteiger partial charge in [-0.3, -0.25) is 4.90 Å². The lowest BCUT2D eigenvalue weighted by atomic mass is 10.0. The highest BCUT2D eigenvalue weighted by molar-refractivity contribution is 5.46. The number of anilines is 1. The third kappa shape index (κ3) is 6.29. The molecule has 0 bridgehead atoms. The van der Waals surface area contributed by atoms with Gasteiger partial charge in [0.15, 0.2) is 0 Å². The summed E-state index contributed by atoms with van der Waals surface area (Å²) in [7, 11) is 1.69. The maximum Gasteiger partial charge on any atom is 0.125 e. The monoisotopic (exact) mass is 462 g/mol. The van der Waals surface area contributed by atoms with E-state index < -0.39 is 0 Å². The molecule has 1 saturated heterocycles. The number of methoxy groups -OCH3 is 1. The van der Waals surface area contributed by atoms with Crippen LogP contribution in [-0.4, -0.2) is 44.7 Å². The fourth-order valence-corrected chi connectivity index (χ4v) is 4.39. The zero-order chi connectivity index (χ0) is 23.9. The second-order valence-corrected chi connectivity index (χ2v) is 9.20. The van der Waals surface area contributed by atoms with Crippen LogP contribution < -0.4 is 14.4 Å². The number of hydrogen-bond donors (Lipinski definition) is 0. The maximum absolute atomic E-state index is 13.2. The van der Waals surface area contributed by atoms with Crippen molar-refractivity contribution in [3.8, 4) is 11.5 Å². The van der Waals surface area contributed by atoms with E-state index in [9.17, 15) is 4.39 Å². The smallest absolute Gasteiger partial charge is 0.125 e. The van der Waals surface area contributed by atoms with E-state index in [0.717, 1.165) is 61.9 Å². The lowest BCUT2D eigenvalue weighted by Crippen LogP contribution is -2.46. The minimum atomic E-state index is -0.189. The Morgan fingerprint density at radius 2 is 1.35 bits per heavy atom. The van der Waals surface area contributed by atoms with Gasteiger partial charge in [0, 0.05) is 44.8 Å². The first-order valence-electron chi connectivity index (χ1n) is 12.2. The highest BCUT2D eigenvalue weighted by Crippen LogP contribution is 2.28. The van der Waals surface area contributed by atoms with Crippen LogP contribution in [0.2, 0.25) is 0 Å². The Balaban J connectivity index is 1.38. The van der Waals surface area contributed by atoms with Gasteiger partial charge in [0.05, 0.1) is 7.11 Å². The molecule has 0 N–H and O–H groups in total. The standard InChI is InChI=1S/C29H35FN2O2/c1-22(2)23-4-14-28(15-5-23)34-29(24-6-12-27(33-3)13-7-24)16-17-31-18-20-32(21-19-31)26-10-8-25(30)9-11-26/h4-15,22,29H,16-21H2,1-3H3. The number of benzene rings is 3. The lowest BCUT2D eigenvalue weighted by Gasteiger charge is -2.36. The summed E-state index contributed by atoms with van der Waals surface area (Å²) in [5, 5.41) is 0. The average molecular weight is 463 g/mol. The topological polar surface area (TPSA) is 24.9 Å². The lowest BCUT2D eigenvalue weighted by molar-refractivity contribution is 0.160. The summed E-state index contributed by atoms with van der Waals surface area (Å²) >= 11 is 0. The van der Waals surface area contributed by atoms with Crippen LogP contribution in [0.15, 0.2) is 72.8 Å². The van der Waals surface area contributed by atoms with E-state index in [0.29, 0.717) is 5.92 Å². The molecule has 0 spiro atoms. The molecule has 0 aromatic heterocycles. The number of nitrogens with zero attached hydrogens (tertiary/aromatic N) is 2. The van der Waals surface area contributed by atoms with Crippen LogP contribution in [0.5, 0.6) is 11.5 Å². The molecule has 1 fully saturated rings. The highest BCUT2D eigenvalue weighted by atomic mass is 19.1. The van der Waals surface area contributed by atoms with Crippen LogP contribution in [0.25, 0.3) is 0 Å². The van der Waals surface area contributed by atoms with Crippen molar-refractivity contribution in [3.63, 3.8) is 0 Å². The van der Waals surface area contributed by atoms with E-state index in [2.05, 4.69) is 60.0 Å². The molecular weight excluding hydrogens is 427 g/mol. The minimum Gasteiger partial charge on any atom is -0.497 e. The minimum absolute atomic E-state index is 0.0362. The van der Waals surface area contributed by atoms with Gasteiger partial charge >= 0.3 is 0 Å². The molecule has 180 valence electrons. The molecule has 0 radical (unpaired) electrons. The van der Waals surface area contributed by atoms with Gasteiger partial charge in [0.2, 0.25) is 0 Å². The number of hydrogen-bond acceptors (Lipinski definition) is 4. The van der Waals surface area contributed by atoms with E-state index >= 15 is 0 Å². The SMILES string of the molecule is COc1ccc(C(CCN2CCN(c3ccc(F)cc3)CC2)Oc2ccc(C(C)C)cc2)cc1. The molecule has 5 heteroatoms. The molecule has 0 aliphatic carbocycles. The third-order valence-electron chi connectivity index (χ3n) is 6.58. The summed E-state index contributed by atoms with van der Waals surface area (Å²) in [5.74, 6) is 2.05. The molecule has 0 amide bonds. The van der Waals surface area contributed by atoms with Crippen molar-refractivity contribution in [3.05, 3.63) is 89.7 Å². The van der Waals surface area contributed by atoms with Crippen LogP contribution >= 0.6 is 0 Å². The second kappa shape index (κ2) is 11.4. The number of halogens is 1. The molecular formula is C29H35FN2O2. The Morgan fingerprint density at radius 1 is 0.765 bits per heavy atom.